The van der Waals surface area contributed by atoms with Gasteiger partial charge in [0.2, 0.25) is 0 Å². The first-order chi connectivity index (χ1) is 15.5. The Kier molecular flexibility index (Phi) is 6.67. The monoisotopic (exact) mass is 451 g/mol. The molecule has 0 spiro atoms. The van der Waals surface area contributed by atoms with Crippen molar-refractivity contribution in [3.05, 3.63) is 66.0 Å². The second kappa shape index (κ2) is 9.63. The van der Waals surface area contributed by atoms with Crippen molar-refractivity contribution in [3.63, 3.8) is 0 Å². The average molecular weight is 452 g/mol. The molecule has 1 aromatic heterocycles. The Morgan fingerprint density at radius 2 is 1.75 bits per heavy atom. The summed E-state index contributed by atoms with van der Waals surface area (Å²) in [6.07, 6.45) is 0. The third-order valence-corrected chi connectivity index (χ3v) is 6.71. The van der Waals surface area contributed by atoms with E-state index in [-0.39, 0.29) is 11.7 Å². The van der Waals surface area contributed by atoms with Crippen LogP contribution in [0.4, 0.5) is 9.52 Å². The van der Waals surface area contributed by atoms with Crippen LogP contribution in [0.25, 0.3) is 21.0 Å². The summed E-state index contributed by atoms with van der Waals surface area (Å²) in [7, 11) is 1.56. The molecule has 7 heteroatoms. The summed E-state index contributed by atoms with van der Waals surface area (Å²) in [5.41, 5.74) is 0.754. The molecule has 0 radical (unpaired) electrons. The third-order valence-electron chi connectivity index (χ3n) is 5.67. The highest BCUT2D eigenvalue weighted by molar-refractivity contribution is 7.22. The SMILES string of the molecule is CCN(CC)CCN(C(=O)c1cc2ccccc2cc1OC)c1nc2c(F)cccc2s1. The van der Waals surface area contributed by atoms with E-state index >= 15 is 0 Å². The van der Waals surface area contributed by atoms with Crippen LogP contribution in [0.2, 0.25) is 0 Å². The molecule has 4 rings (SSSR count). The number of para-hydroxylation sites is 1. The number of hydrogen-bond acceptors (Lipinski definition) is 5. The van der Waals surface area contributed by atoms with Gasteiger partial charge in [-0.3, -0.25) is 9.69 Å². The Balaban J connectivity index is 1.79. The Hall–Kier alpha value is -3.03. The zero-order chi connectivity index (χ0) is 22.7. The Morgan fingerprint density at radius 3 is 2.41 bits per heavy atom. The van der Waals surface area contributed by atoms with Gasteiger partial charge in [-0.05, 0) is 48.1 Å². The van der Waals surface area contributed by atoms with E-state index in [4.69, 9.17) is 4.74 Å². The molecule has 0 aliphatic heterocycles. The second-order valence-electron chi connectivity index (χ2n) is 7.47. The first kappa shape index (κ1) is 22.2. The number of likely N-dealkylation sites (N-methyl/N-ethyl adjacent to an activating group) is 1. The first-order valence-corrected chi connectivity index (χ1v) is 11.5. The number of nitrogens with zero attached hydrogens (tertiary/aromatic N) is 3. The van der Waals surface area contributed by atoms with Crippen LogP contribution < -0.4 is 9.64 Å². The van der Waals surface area contributed by atoms with Crippen LogP contribution in [-0.4, -0.2) is 49.1 Å². The summed E-state index contributed by atoms with van der Waals surface area (Å²) in [4.78, 5) is 22.2. The van der Waals surface area contributed by atoms with Crippen molar-refractivity contribution in [1.29, 1.82) is 0 Å². The lowest BCUT2D eigenvalue weighted by atomic mass is 10.0. The van der Waals surface area contributed by atoms with E-state index < -0.39 is 0 Å². The molecule has 0 unspecified atom stereocenters. The first-order valence-electron chi connectivity index (χ1n) is 10.7. The lowest BCUT2D eigenvalue weighted by Gasteiger charge is -2.25. The maximum absolute atomic E-state index is 14.3. The minimum absolute atomic E-state index is 0.209. The van der Waals surface area contributed by atoms with Crippen molar-refractivity contribution in [2.45, 2.75) is 13.8 Å². The standard InChI is InChI=1S/C25H26FN3O2S/c1-4-28(5-2)13-14-29(25-27-23-20(26)11-8-12-22(23)32-25)24(30)19-15-17-9-6-7-10-18(17)16-21(19)31-3/h6-12,15-16H,4-5,13-14H2,1-3H3. The summed E-state index contributed by atoms with van der Waals surface area (Å²) >= 11 is 1.32. The van der Waals surface area contributed by atoms with Gasteiger partial charge in [-0.25, -0.2) is 9.37 Å². The zero-order valence-electron chi connectivity index (χ0n) is 18.5. The molecule has 0 fully saturated rings. The van der Waals surface area contributed by atoms with E-state index in [1.807, 2.05) is 42.5 Å². The van der Waals surface area contributed by atoms with E-state index in [9.17, 15) is 9.18 Å². The number of rotatable bonds is 8. The van der Waals surface area contributed by atoms with Gasteiger partial charge in [-0.15, -0.1) is 0 Å². The van der Waals surface area contributed by atoms with Gasteiger partial charge in [-0.1, -0.05) is 55.5 Å². The van der Waals surface area contributed by atoms with Gasteiger partial charge >= 0.3 is 0 Å². The van der Waals surface area contributed by atoms with E-state index in [0.717, 1.165) is 23.9 Å². The Labute approximate surface area is 191 Å². The van der Waals surface area contributed by atoms with Crippen molar-refractivity contribution >= 4 is 43.4 Å². The second-order valence-corrected chi connectivity index (χ2v) is 8.48. The van der Waals surface area contributed by atoms with Gasteiger partial charge in [0.25, 0.3) is 5.91 Å². The van der Waals surface area contributed by atoms with Crippen molar-refractivity contribution in [2.75, 3.05) is 38.2 Å². The van der Waals surface area contributed by atoms with Crippen LogP contribution in [-0.2, 0) is 0 Å². The van der Waals surface area contributed by atoms with E-state index in [0.29, 0.717) is 39.8 Å². The predicted octanol–water partition coefficient (Wildman–Crippen LogP) is 5.59. The third kappa shape index (κ3) is 4.31. The fourth-order valence-corrected chi connectivity index (χ4v) is 4.79. The van der Waals surface area contributed by atoms with Crippen LogP contribution in [0, 0.1) is 5.82 Å². The van der Waals surface area contributed by atoms with Gasteiger partial charge in [-0.2, -0.15) is 0 Å². The summed E-state index contributed by atoms with van der Waals surface area (Å²) in [6, 6.07) is 16.5. The van der Waals surface area contributed by atoms with Crippen LogP contribution in [0.15, 0.2) is 54.6 Å². The van der Waals surface area contributed by atoms with Gasteiger partial charge in [0.1, 0.15) is 17.1 Å². The molecule has 1 amide bonds. The quantitative estimate of drug-likeness (QED) is 0.351. The number of amides is 1. The van der Waals surface area contributed by atoms with Crippen LogP contribution >= 0.6 is 11.3 Å². The number of fused-ring (bicyclic) bond motifs is 2. The van der Waals surface area contributed by atoms with Crippen LogP contribution in [0.5, 0.6) is 5.75 Å². The molecule has 0 aliphatic carbocycles. The van der Waals surface area contributed by atoms with Crippen molar-refractivity contribution in [1.82, 2.24) is 9.88 Å². The molecule has 4 aromatic rings. The molecule has 5 nitrogen and oxygen atoms in total. The van der Waals surface area contributed by atoms with Gasteiger partial charge in [0, 0.05) is 13.1 Å². The highest BCUT2D eigenvalue weighted by Gasteiger charge is 2.25. The largest absolute Gasteiger partial charge is 0.496 e. The summed E-state index contributed by atoms with van der Waals surface area (Å²) < 4.78 is 20.6. The number of carbonyl (C=O) groups excluding carboxylic acids is 1. The fourth-order valence-electron chi connectivity index (χ4n) is 3.78. The number of halogens is 1. The molecule has 0 aliphatic rings. The molecule has 1 heterocycles. The lowest BCUT2D eigenvalue weighted by Crippen LogP contribution is -2.39. The fraction of sp³-hybridized carbons (Fsp3) is 0.280. The van der Waals surface area contributed by atoms with Crippen LogP contribution in [0.1, 0.15) is 24.2 Å². The summed E-state index contributed by atoms with van der Waals surface area (Å²) in [5.74, 6) is -0.0857. The normalized spacial score (nSPS) is 11.4. The van der Waals surface area contributed by atoms with Gasteiger partial charge < -0.3 is 9.64 Å². The number of ether oxygens (including phenoxy) is 1. The van der Waals surface area contributed by atoms with E-state index in [1.165, 1.54) is 17.4 Å². The molecule has 0 atom stereocenters. The predicted molar refractivity (Wildman–Crippen MR) is 130 cm³/mol. The highest BCUT2D eigenvalue weighted by atomic mass is 32.1. The lowest BCUT2D eigenvalue weighted by molar-refractivity contribution is 0.0981. The number of benzene rings is 3. The minimum atomic E-state index is -0.385. The zero-order valence-corrected chi connectivity index (χ0v) is 19.3. The summed E-state index contributed by atoms with van der Waals surface area (Å²) in [5, 5.41) is 2.44. The maximum atomic E-state index is 14.3. The molecule has 0 saturated heterocycles. The maximum Gasteiger partial charge on any atom is 0.263 e. The molecule has 3 aromatic carbocycles. The van der Waals surface area contributed by atoms with Crippen molar-refractivity contribution < 1.29 is 13.9 Å². The molecule has 0 N–H and O–H groups in total. The summed E-state index contributed by atoms with van der Waals surface area (Å²) in [6.45, 7) is 7.08. The molecular formula is C25H26FN3O2S. The molecule has 166 valence electrons. The molecule has 32 heavy (non-hydrogen) atoms. The number of hydrogen-bond donors (Lipinski definition) is 0. The number of anilines is 1. The van der Waals surface area contributed by atoms with Crippen molar-refractivity contribution in [3.8, 4) is 5.75 Å². The van der Waals surface area contributed by atoms with Gasteiger partial charge in [0.05, 0.1) is 17.4 Å². The smallest absolute Gasteiger partial charge is 0.263 e. The molecular weight excluding hydrogens is 425 g/mol. The number of methoxy groups -OCH3 is 1. The topological polar surface area (TPSA) is 45.7 Å². The Morgan fingerprint density at radius 1 is 1.03 bits per heavy atom. The highest BCUT2D eigenvalue weighted by Crippen LogP contribution is 2.33. The Bertz CT molecular complexity index is 1250. The minimum Gasteiger partial charge on any atom is -0.496 e. The molecule has 0 saturated carbocycles. The van der Waals surface area contributed by atoms with Crippen LogP contribution in [0.3, 0.4) is 0 Å². The molecule has 0 bridgehead atoms. The number of thiazole rings is 1. The number of aromatic nitrogens is 1. The van der Waals surface area contributed by atoms with E-state index in [1.54, 1.807) is 18.1 Å². The van der Waals surface area contributed by atoms with Gasteiger partial charge in [0.15, 0.2) is 5.13 Å². The average Bonchev–Trinajstić information content (AvgIpc) is 3.26. The van der Waals surface area contributed by atoms with Crippen molar-refractivity contribution in [2.24, 2.45) is 0 Å². The number of carbonyl (C=O) groups is 1. The van der Waals surface area contributed by atoms with E-state index in [2.05, 4.69) is 23.7 Å².